The first-order valence-corrected chi connectivity index (χ1v) is 8.64. The molecule has 0 aromatic heterocycles. The molecule has 2 aromatic carbocycles. The maximum absolute atomic E-state index is 13.0. The lowest BCUT2D eigenvalue weighted by Crippen LogP contribution is -2.33. The van der Waals surface area contributed by atoms with Gasteiger partial charge in [0.15, 0.2) is 0 Å². The quantitative estimate of drug-likeness (QED) is 0.536. The van der Waals surface area contributed by atoms with E-state index in [9.17, 15) is 17.6 Å². The number of sulfonamides is 1. The van der Waals surface area contributed by atoms with Crippen LogP contribution in [-0.2, 0) is 14.8 Å². The van der Waals surface area contributed by atoms with Gasteiger partial charge in [-0.15, -0.1) is 0 Å². The molecule has 2 rings (SSSR count). The summed E-state index contributed by atoms with van der Waals surface area (Å²) in [6.07, 6.45) is -0.366. The van der Waals surface area contributed by atoms with Crippen molar-refractivity contribution < 1.29 is 22.8 Å². The van der Waals surface area contributed by atoms with E-state index in [1.165, 1.54) is 41.9 Å². The number of hydroxylamine groups is 1. The minimum atomic E-state index is -3.95. The molecular weight excluding hydrogens is 359 g/mol. The van der Waals surface area contributed by atoms with Gasteiger partial charge in [0, 0.05) is 11.4 Å². The Balaban J connectivity index is 2.31. The average molecular weight is 373 g/mol. The Bertz CT molecular complexity index is 810. The lowest BCUT2D eigenvalue weighted by atomic mass is 10.0. The Morgan fingerprint density at radius 2 is 1.71 bits per heavy atom. The van der Waals surface area contributed by atoms with E-state index in [1.54, 1.807) is 0 Å². The second kappa shape index (κ2) is 7.71. The van der Waals surface area contributed by atoms with Crippen molar-refractivity contribution in [2.75, 3.05) is 0 Å². The number of carbonyl (C=O) groups excluding carboxylic acids is 1. The molecule has 0 saturated heterocycles. The van der Waals surface area contributed by atoms with Crippen LogP contribution in [0, 0.1) is 5.82 Å². The van der Waals surface area contributed by atoms with Gasteiger partial charge in [0.05, 0.1) is 10.9 Å². The van der Waals surface area contributed by atoms with Gasteiger partial charge in [-0.3, -0.25) is 10.0 Å². The first-order chi connectivity index (χ1) is 11.3. The zero-order valence-electron chi connectivity index (χ0n) is 12.2. The third kappa shape index (κ3) is 4.75. The number of halogens is 2. The number of hydrogen-bond donors (Lipinski definition) is 3. The van der Waals surface area contributed by atoms with Crippen LogP contribution in [0.3, 0.4) is 0 Å². The predicted octanol–water partition coefficient (Wildman–Crippen LogP) is 2.39. The summed E-state index contributed by atoms with van der Waals surface area (Å²) in [5, 5.41) is 9.05. The standard InChI is InChI=1S/C15H14ClFN2O4S/c16-11-3-7-13(8-4-11)24(22,23)19-14(9-15(20)18-21)10-1-5-12(17)6-2-10/h1-8,14,19,21H,9H2,(H,18,20). The summed E-state index contributed by atoms with van der Waals surface area (Å²) in [6, 6.07) is 9.50. The molecule has 128 valence electrons. The number of hydrogen-bond acceptors (Lipinski definition) is 4. The van der Waals surface area contributed by atoms with E-state index >= 15 is 0 Å². The molecule has 24 heavy (non-hydrogen) atoms. The second-order valence-electron chi connectivity index (χ2n) is 4.92. The number of rotatable bonds is 6. The van der Waals surface area contributed by atoms with Crippen molar-refractivity contribution in [3.63, 3.8) is 0 Å². The summed E-state index contributed by atoms with van der Waals surface area (Å²) in [5.41, 5.74) is 1.82. The molecule has 1 amide bonds. The van der Waals surface area contributed by atoms with Crippen molar-refractivity contribution in [2.45, 2.75) is 17.4 Å². The van der Waals surface area contributed by atoms with E-state index < -0.39 is 27.8 Å². The number of nitrogens with one attached hydrogen (secondary N) is 2. The van der Waals surface area contributed by atoms with Crippen LogP contribution < -0.4 is 10.2 Å². The monoisotopic (exact) mass is 372 g/mol. The van der Waals surface area contributed by atoms with Gasteiger partial charge in [0.1, 0.15) is 5.82 Å². The van der Waals surface area contributed by atoms with Gasteiger partial charge in [0.2, 0.25) is 15.9 Å². The molecule has 0 saturated carbocycles. The molecule has 1 atom stereocenters. The molecule has 0 bridgehead atoms. The lowest BCUT2D eigenvalue weighted by Gasteiger charge is -2.18. The highest BCUT2D eigenvalue weighted by molar-refractivity contribution is 7.89. The molecule has 6 nitrogen and oxygen atoms in total. The van der Waals surface area contributed by atoms with Crippen LogP contribution in [0.5, 0.6) is 0 Å². The first kappa shape index (κ1) is 18.3. The minimum absolute atomic E-state index is 0.0385. The normalized spacial score (nSPS) is 12.6. The van der Waals surface area contributed by atoms with Crippen LogP contribution >= 0.6 is 11.6 Å². The zero-order valence-corrected chi connectivity index (χ0v) is 13.8. The molecule has 9 heteroatoms. The molecule has 0 aliphatic heterocycles. The van der Waals surface area contributed by atoms with Crippen molar-refractivity contribution in [3.8, 4) is 0 Å². The van der Waals surface area contributed by atoms with E-state index in [4.69, 9.17) is 16.8 Å². The SMILES string of the molecule is O=C(CC(NS(=O)(=O)c1ccc(Cl)cc1)c1ccc(F)cc1)NO. The molecule has 0 heterocycles. The highest BCUT2D eigenvalue weighted by atomic mass is 35.5. The van der Waals surface area contributed by atoms with E-state index in [0.29, 0.717) is 10.6 Å². The Hall–Kier alpha value is -2.00. The van der Waals surface area contributed by atoms with Crippen LogP contribution in [0.25, 0.3) is 0 Å². The number of benzene rings is 2. The zero-order chi connectivity index (χ0) is 17.7. The van der Waals surface area contributed by atoms with Crippen LogP contribution in [-0.4, -0.2) is 19.5 Å². The first-order valence-electron chi connectivity index (χ1n) is 6.78. The van der Waals surface area contributed by atoms with Crippen molar-refractivity contribution in [1.82, 2.24) is 10.2 Å². The Labute approximate surface area is 143 Å². The van der Waals surface area contributed by atoms with Crippen LogP contribution in [0.1, 0.15) is 18.0 Å². The maximum atomic E-state index is 13.0. The highest BCUT2D eigenvalue weighted by Gasteiger charge is 2.23. The summed E-state index contributed by atoms with van der Waals surface area (Å²) in [4.78, 5) is 11.4. The van der Waals surface area contributed by atoms with Crippen LogP contribution in [0.2, 0.25) is 5.02 Å². The molecule has 0 fully saturated rings. The van der Waals surface area contributed by atoms with E-state index in [-0.39, 0.29) is 11.3 Å². The van der Waals surface area contributed by atoms with Gasteiger partial charge < -0.3 is 0 Å². The Kier molecular flexibility index (Phi) is 5.89. The van der Waals surface area contributed by atoms with Gasteiger partial charge in [-0.05, 0) is 42.0 Å². The topological polar surface area (TPSA) is 95.5 Å². The summed E-state index contributed by atoms with van der Waals surface area (Å²) in [7, 11) is -3.95. The van der Waals surface area contributed by atoms with E-state index in [0.717, 1.165) is 12.1 Å². The Morgan fingerprint density at radius 3 is 2.25 bits per heavy atom. The molecule has 1 unspecified atom stereocenters. The van der Waals surface area contributed by atoms with E-state index in [1.807, 2.05) is 0 Å². The van der Waals surface area contributed by atoms with Gasteiger partial charge in [0.25, 0.3) is 0 Å². The summed E-state index contributed by atoms with van der Waals surface area (Å²) >= 11 is 5.73. The van der Waals surface area contributed by atoms with Crippen molar-refractivity contribution in [3.05, 3.63) is 64.9 Å². The van der Waals surface area contributed by atoms with Gasteiger partial charge >= 0.3 is 0 Å². The molecule has 3 N–H and O–H groups in total. The third-order valence-corrected chi connectivity index (χ3v) is 4.95. The van der Waals surface area contributed by atoms with Gasteiger partial charge in [-0.1, -0.05) is 23.7 Å². The average Bonchev–Trinajstić information content (AvgIpc) is 2.55. The summed E-state index contributed by atoms with van der Waals surface area (Å²) < 4.78 is 40.3. The van der Waals surface area contributed by atoms with Gasteiger partial charge in [-0.2, -0.15) is 0 Å². The number of carbonyl (C=O) groups is 1. The fourth-order valence-corrected chi connectivity index (χ4v) is 3.37. The molecule has 2 aromatic rings. The largest absolute Gasteiger partial charge is 0.289 e. The second-order valence-corrected chi connectivity index (χ2v) is 7.07. The highest BCUT2D eigenvalue weighted by Crippen LogP contribution is 2.22. The molecule has 0 spiro atoms. The smallest absolute Gasteiger partial charge is 0.245 e. The molecule has 0 aliphatic carbocycles. The fraction of sp³-hybridized carbons (Fsp3) is 0.133. The van der Waals surface area contributed by atoms with Crippen LogP contribution in [0.15, 0.2) is 53.4 Å². The predicted molar refractivity (Wildman–Crippen MR) is 85.5 cm³/mol. The van der Waals surface area contributed by atoms with Crippen molar-refractivity contribution in [1.29, 1.82) is 0 Å². The third-order valence-electron chi connectivity index (χ3n) is 3.21. The summed E-state index contributed by atoms with van der Waals surface area (Å²) in [5.74, 6) is -1.28. The molecule has 0 aliphatic rings. The summed E-state index contributed by atoms with van der Waals surface area (Å²) in [6.45, 7) is 0. The Morgan fingerprint density at radius 1 is 1.12 bits per heavy atom. The fourth-order valence-electron chi connectivity index (χ4n) is 2.02. The van der Waals surface area contributed by atoms with E-state index in [2.05, 4.69) is 4.72 Å². The maximum Gasteiger partial charge on any atom is 0.245 e. The molecular formula is C15H14ClFN2O4S. The molecule has 0 radical (unpaired) electrons. The van der Waals surface area contributed by atoms with Gasteiger partial charge in [-0.25, -0.2) is 23.0 Å². The van der Waals surface area contributed by atoms with Crippen molar-refractivity contribution in [2.24, 2.45) is 0 Å². The number of amides is 1. The minimum Gasteiger partial charge on any atom is -0.289 e. The van der Waals surface area contributed by atoms with Crippen LogP contribution in [0.4, 0.5) is 4.39 Å². The lowest BCUT2D eigenvalue weighted by molar-refractivity contribution is -0.129. The van der Waals surface area contributed by atoms with Crippen molar-refractivity contribution >= 4 is 27.5 Å².